The Morgan fingerprint density at radius 3 is 2.90 bits per heavy atom. The first-order valence-corrected chi connectivity index (χ1v) is 7.94. The minimum absolute atomic E-state index is 0.216. The monoisotopic (exact) mass is 381 g/mol. The number of fused-ring (bicyclic) bond motifs is 1. The van der Waals surface area contributed by atoms with Crippen LogP contribution in [0.5, 0.6) is 0 Å². The van der Waals surface area contributed by atoms with Crippen molar-refractivity contribution < 1.29 is 4.79 Å². The summed E-state index contributed by atoms with van der Waals surface area (Å²) in [7, 11) is 0. The number of benzene rings is 2. The van der Waals surface area contributed by atoms with E-state index < -0.39 is 0 Å². The maximum atomic E-state index is 12.3. The number of aromatic nitrogens is 1. The van der Waals surface area contributed by atoms with Crippen molar-refractivity contribution in [2.24, 2.45) is 0 Å². The van der Waals surface area contributed by atoms with Crippen LogP contribution in [0.1, 0.15) is 10.4 Å². The van der Waals surface area contributed by atoms with Gasteiger partial charge in [0.1, 0.15) is 0 Å². The SMILES string of the molecule is Nc1nc2ccc(C(=O)Nc3cc(Cl)ccc3Br)cc2s1. The second kappa shape index (κ2) is 5.63. The number of rotatable bonds is 2. The zero-order valence-electron chi connectivity index (χ0n) is 10.6. The van der Waals surface area contributed by atoms with Gasteiger partial charge in [-0.05, 0) is 52.3 Å². The van der Waals surface area contributed by atoms with Gasteiger partial charge in [0.05, 0.1) is 15.9 Å². The number of nitrogens with two attached hydrogens (primary N) is 1. The molecule has 3 rings (SSSR count). The molecule has 2 aromatic carbocycles. The van der Waals surface area contributed by atoms with Crippen LogP contribution in [0, 0.1) is 0 Å². The molecule has 0 fully saturated rings. The Kier molecular flexibility index (Phi) is 3.84. The molecule has 0 saturated heterocycles. The second-order valence-electron chi connectivity index (χ2n) is 4.31. The predicted octanol–water partition coefficient (Wildman–Crippen LogP) is 4.55. The summed E-state index contributed by atoms with van der Waals surface area (Å²) in [4.78, 5) is 16.5. The van der Waals surface area contributed by atoms with Crippen LogP contribution in [0.25, 0.3) is 10.2 Å². The van der Waals surface area contributed by atoms with Crippen molar-refractivity contribution in [1.29, 1.82) is 0 Å². The number of nitrogen functional groups attached to an aromatic ring is 1. The molecule has 0 atom stereocenters. The van der Waals surface area contributed by atoms with Crippen molar-refractivity contribution in [2.75, 3.05) is 11.1 Å². The largest absolute Gasteiger partial charge is 0.375 e. The number of nitrogens with one attached hydrogen (secondary N) is 1. The van der Waals surface area contributed by atoms with Crippen LogP contribution in [0.15, 0.2) is 40.9 Å². The van der Waals surface area contributed by atoms with Gasteiger partial charge in [-0.1, -0.05) is 22.9 Å². The lowest BCUT2D eigenvalue weighted by Crippen LogP contribution is -2.12. The second-order valence-corrected chi connectivity index (χ2v) is 6.67. The summed E-state index contributed by atoms with van der Waals surface area (Å²) >= 11 is 10.7. The average Bonchev–Trinajstić information content (AvgIpc) is 2.81. The summed E-state index contributed by atoms with van der Waals surface area (Å²) in [6, 6.07) is 10.5. The molecule has 3 aromatic rings. The number of thiazole rings is 1. The molecular weight excluding hydrogens is 374 g/mol. The predicted molar refractivity (Wildman–Crippen MR) is 91.1 cm³/mol. The van der Waals surface area contributed by atoms with Crippen LogP contribution in [0.2, 0.25) is 5.02 Å². The standard InChI is InChI=1S/C14H9BrClN3OS/c15-9-3-2-8(16)6-11(9)18-13(20)7-1-4-10-12(5-7)21-14(17)19-10/h1-6H,(H2,17,19)(H,18,20). The maximum absolute atomic E-state index is 12.3. The normalized spacial score (nSPS) is 10.8. The van der Waals surface area contributed by atoms with Crippen molar-refractivity contribution >= 4 is 65.8 Å². The van der Waals surface area contributed by atoms with Gasteiger partial charge in [-0.3, -0.25) is 4.79 Å². The molecule has 0 aliphatic heterocycles. The molecule has 0 aliphatic carbocycles. The molecule has 21 heavy (non-hydrogen) atoms. The Morgan fingerprint density at radius 1 is 1.29 bits per heavy atom. The van der Waals surface area contributed by atoms with E-state index in [0.29, 0.717) is 21.4 Å². The fourth-order valence-corrected chi connectivity index (χ4v) is 3.16. The number of anilines is 2. The maximum Gasteiger partial charge on any atom is 0.255 e. The lowest BCUT2D eigenvalue weighted by molar-refractivity contribution is 0.102. The highest BCUT2D eigenvalue weighted by Crippen LogP contribution is 2.28. The number of nitrogens with zero attached hydrogens (tertiary/aromatic N) is 1. The van der Waals surface area contributed by atoms with Gasteiger partial charge in [-0.2, -0.15) is 0 Å². The molecule has 0 saturated carbocycles. The molecule has 1 amide bonds. The quantitative estimate of drug-likeness (QED) is 0.683. The van der Waals surface area contributed by atoms with E-state index in [1.165, 1.54) is 11.3 Å². The van der Waals surface area contributed by atoms with Gasteiger partial charge in [0.2, 0.25) is 0 Å². The van der Waals surface area contributed by atoms with Gasteiger partial charge in [0, 0.05) is 15.1 Å². The highest BCUT2D eigenvalue weighted by Gasteiger charge is 2.11. The Labute approximate surface area is 138 Å². The zero-order valence-corrected chi connectivity index (χ0v) is 13.7. The Balaban J connectivity index is 1.91. The summed E-state index contributed by atoms with van der Waals surface area (Å²) in [5.41, 5.74) is 7.61. The smallest absolute Gasteiger partial charge is 0.255 e. The highest BCUT2D eigenvalue weighted by molar-refractivity contribution is 9.10. The fourth-order valence-electron chi connectivity index (χ4n) is 1.87. The van der Waals surface area contributed by atoms with E-state index in [2.05, 4.69) is 26.2 Å². The zero-order chi connectivity index (χ0) is 15.0. The molecule has 0 bridgehead atoms. The van der Waals surface area contributed by atoms with Crippen molar-refractivity contribution in [3.63, 3.8) is 0 Å². The van der Waals surface area contributed by atoms with Crippen LogP contribution in [-0.4, -0.2) is 10.9 Å². The summed E-state index contributed by atoms with van der Waals surface area (Å²) in [6.07, 6.45) is 0. The average molecular weight is 383 g/mol. The van der Waals surface area contributed by atoms with Gasteiger partial charge in [-0.15, -0.1) is 0 Å². The number of amides is 1. The number of halogens is 2. The molecule has 0 aliphatic rings. The van der Waals surface area contributed by atoms with E-state index in [-0.39, 0.29) is 5.91 Å². The first kappa shape index (κ1) is 14.3. The van der Waals surface area contributed by atoms with Gasteiger partial charge in [0.25, 0.3) is 5.91 Å². The lowest BCUT2D eigenvalue weighted by atomic mass is 10.2. The highest BCUT2D eigenvalue weighted by atomic mass is 79.9. The first-order chi connectivity index (χ1) is 10.0. The topological polar surface area (TPSA) is 68.0 Å². The van der Waals surface area contributed by atoms with Gasteiger partial charge in [-0.25, -0.2) is 4.98 Å². The van der Waals surface area contributed by atoms with Crippen LogP contribution in [0.4, 0.5) is 10.8 Å². The molecule has 0 radical (unpaired) electrons. The van der Waals surface area contributed by atoms with E-state index in [4.69, 9.17) is 17.3 Å². The Bertz CT molecular complexity index is 849. The lowest BCUT2D eigenvalue weighted by Gasteiger charge is -2.08. The van der Waals surface area contributed by atoms with Crippen molar-refractivity contribution in [3.05, 3.63) is 51.5 Å². The summed E-state index contributed by atoms with van der Waals surface area (Å²) in [5, 5.41) is 3.86. The first-order valence-electron chi connectivity index (χ1n) is 5.95. The molecule has 106 valence electrons. The van der Waals surface area contributed by atoms with Crippen LogP contribution in [0.3, 0.4) is 0 Å². The third-order valence-corrected chi connectivity index (χ3v) is 4.62. The third-order valence-electron chi connectivity index (χ3n) is 2.84. The van der Waals surface area contributed by atoms with Crippen LogP contribution < -0.4 is 11.1 Å². The van der Waals surface area contributed by atoms with Gasteiger partial charge in [0.15, 0.2) is 5.13 Å². The Hall–Kier alpha value is -1.63. The number of hydrogen-bond donors (Lipinski definition) is 2. The number of carbonyl (C=O) groups is 1. The van der Waals surface area contributed by atoms with Gasteiger partial charge < -0.3 is 11.1 Å². The molecular formula is C14H9BrClN3OS. The Morgan fingerprint density at radius 2 is 2.10 bits per heavy atom. The number of hydrogen-bond acceptors (Lipinski definition) is 4. The molecule has 4 nitrogen and oxygen atoms in total. The molecule has 1 aromatic heterocycles. The van der Waals surface area contributed by atoms with Gasteiger partial charge >= 0.3 is 0 Å². The van der Waals surface area contributed by atoms with E-state index >= 15 is 0 Å². The molecule has 0 spiro atoms. The summed E-state index contributed by atoms with van der Waals surface area (Å²) in [5.74, 6) is -0.216. The minimum atomic E-state index is -0.216. The molecule has 7 heteroatoms. The van der Waals surface area contributed by atoms with E-state index in [1.54, 1.807) is 36.4 Å². The summed E-state index contributed by atoms with van der Waals surface area (Å²) in [6.45, 7) is 0. The van der Waals surface area contributed by atoms with Crippen LogP contribution >= 0.6 is 38.9 Å². The fraction of sp³-hybridized carbons (Fsp3) is 0. The van der Waals surface area contributed by atoms with E-state index in [1.807, 2.05) is 0 Å². The number of carbonyl (C=O) groups excluding carboxylic acids is 1. The summed E-state index contributed by atoms with van der Waals surface area (Å²) < 4.78 is 1.65. The molecule has 1 heterocycles. The van der Waals surface area contributed by atoms with E-state index in [0.717, 1.165) is 14.7 Å². The van der Waals surface area contributed by atoms with Crippen molar-refractivity contribution in [1.82, 2.24) is 4.98 Å². The van der Waals surface area contributed by atoms with Crippen molar-refractivity contribution in [2.45, 2.75) is 0 Å². The molecule has 3 N–H and O–H groups in total. The minimum Gasteiger partial charge on any atom is -0.375 e. The molecule has 0 unspecified atom stereocenters. The van der Waals surface area contributed by atoms with Crippen LogP contribution in [-0.2, 0) is 0 Å². The third kappa shape index (κ3) is 3.02. The van der Waals surface area contributed by atoms with E-state index in [9.17, 15) is 4.79 Å². The van der Waals surface area contributed by atoms with Crippen molar-refractivity contribution in [3.8, 4) is 0 Å².